The highest BCUT2D eigenvalue weighted by Gasteiger charge is 2.18. The molecule has 2 heterocycles. The molecule has 0 aliphatic heterocycles. The van der Waals surface area contributed by atoms with Crippen LogP contribution in [0.15, 0.2) is 9.59 Å². The molecule has 0 bridgehead atoms. The summed E-state index contributed by atoms with van der Waals surface area (Å²) in [5.41, 5.74) is -1.33. The van der Waals surface area contributed by atoms with Crippen molar-refractivity contribution in [1.82, 2.24) is 24.4 Å². The number of hydrogen-bond donors (Lipinski definition) is 2. The molecule has 180 valence electrons. The molecular formula is C19H31N5O7S. The molecule has 13 heteroatoms. The number of H-pyrrole nitrogens is 1. The van der Waals surface area contributed by atoms with E-state index in [1.54, 1.807) is 27.7 Å². The zero-order chi connectivity index (χ0) is 24.3. The number of aryl methyl sites for hydroxylation is 1. The van der Waals surface area contributed by atoms with Gasteiger partial charge in [0.15, 0.2) is 5.65 Å². The quantitative estimate of drug-likeness (QED) is 0.403. The molecule has 32 heavy (non-hydrogen) atoms. The molecule has 0 aromatic carbocycles. The lowest BCUT2D eigenvalue weighted by molar-refractivity contribution is 0.0522. The molecule has 2 N–H and O–H groups in total. The third-order valence-corrected chi connectivity index (χ3v) is 5.09. The summed E-state index contributed by atoms with van der Waals surface area (Å²) in [6.45, 7) is 7.03. The minimum absolute atomic E-state index is 0.00452. The first kappa shape index (κ1) is 25.6. The van der Waals surface area contributed by atoms with Crippen LogP contribution in [0.5, 0.6) is 0 Å². The van der Waals surface area contributed by atoms with E-state index in [-0.39, 0.29) is 24.3 Å². The van der Waals surface area contributed by atoms with Crippen LogP contribution in [0.25, 0.3) is 11.2 Å². The van der Waals surface area contributed by atoms with Crippen LogP contribution in [0, 0.1) is 0 Å². The number of aromatic amines is 1. The van der Waals surface area contributed by atoms with Gasteiger partial charge in [0.25, 0.3) is 15.7 Å². The Morgan fingerprint density at radius 3 is 2.50 bits per heavy atom. The maximum absolute atomic E-state index is 12.8. The van der Waals surface area contributed by atoms with Crippen molar-refractivity contribution in [2.45, 2.75) is 71.8 Å². The summed E-state index contributed by atoms with van der Waals surface area (Å²) in [6, 6.07) is 0. The topological polar surface area (TPSA) is 154 Å². The molecule has 0 spiro atoms. The molecule has 0 radical (unpaired) electrons. The molecule has 1 atom stereocenters. The van der Waals surface area contributed by atoms with Crippen LogP contribution in [0.3, 0.4) is 0 Å². The van der Waals surface area contributed by atoms with Crippen LogP contribution in [0.2, 0.25) is 0 Å². The average Bonchev–Trinajstić information content (AvgIpc) is 3.06. The van der Waals surface area contributed by atoms with Gasteiger partial charge < -0.3 is 15.0 Å². The number of ether oxygens (including phenoxy) is 1. The fraction of sp³-hybridized carbons (Fsp3) is 0.684. The number of aromatic nitrogens is 4. The number of nitrogens with zero attached hydrogens (tertiary/aromatic N) is 3. The van der Waals surface area contributed by atoms with Crippen molar-refractivity contribution in [3.63, 3.8) is 0 Å². The van der Waals surface area contributed by atoms with Gasteiger partial charge in [-0.05, 0) is 47.0 Å². The van der Waals surface area contributed by atoms with Gasteiger partial charge in [-0.25, -0.2) is 14.6 Å². The number of amides is 1. The number of fused-ring (bicyclic) bond motifs is 1. The Bertz CT molecular complexity index is 1190. The van der Waals surface area contributed by atoms with E-state index < -0.39 is 39.2 Å². The molecule has 12 nitrogen and oxygen atoms in total. The normalized spacial score (nSPS) is 13.3. The molecule has 2 aromatic rings. The molecular weight excluding hydrogens is 442 g/mol. The van der Waals surface area contributed by atoms with Crippen molar-refractivity contribution in [1.29, 1.82) is 0 Å². The molecule has 0 saturated carbocycles. The van der Waals surface area contributed by atoms with Crippen LogP contribution in [-0.2, 0) is 39.2 Å². The Morgan fingerprint density at radius 1 is 1.25 bits per heavy atom. The fourth-order valence-electron chi connectivity index (χ4n) is 3.10. The highest BCUT2D eigenvalue weighted by Crippen LogP contribution is 2.09. The van der Waals surface area contributed by atoms with Crippen molar-refractivity contribution in [2.24, 2.45) is 7.05 Å². The van der Waals surface area contributed by atoms with Gasteiger partial charge in [0, 0.05) is 13.6 Å². The van der Waals surface area contributed by atoms with Crippen molar-refractivity contribution in [2.75, 3.05) is 6.26 Å². The lowest BCUT2D eigenvalue weighted by Crippen LogP contribution is -2.39. The van der Waals surface area contributed by atoms with Crippen molar-refractivity contribution in [3.05, 3.63) is 26.7 Å². The van der Waals surface area contributed by atoms with Gasteiger partial charge in [-0.2, -0.15) is 8.42 Å². The summed E-state index contributed by atoms with van der Waals surface area (Å²) in [7, 11) is -2.02. The first-order chi connectivity index (χ1) is 14.7. The maximum Gasteiger partial charge on any atom is 0.408 e. The van der Waals surface area contributed by atoms with Gasteiger partial charge in [-0.15, -0.1) is 0 Å². The number of rotatable bonds is 9. The van der Waals surface area contributed by atoms with E-state index in [0.717, 1.165) is 10.8 Å². The molecule has 1 unspecified atom stereocenters. The standard InChI is InChI=1S/C19H31N5O7S/c1-12(31-32(6,28)29)9-7-8-10-24-16(25)14-15(23(5)18(24)27)22-13(21-14)11-20-17(26)30-19(2,3)4/h12H,7-11H2,1-6H3,(H,20,26)(H,21,22). The number of unbranched alkanes of at least 4 members (excludes halogenated alkanes) is 1. The highest BCUT2D eigenvalue weighted by molar-refractivity contribution is 7.86. The predicted octanol–water partition coefficient (Wildman–Crippen LogP) is 0.983. The maximum atomic E-state index is 12.8. The third-order valence-electron chi connectivity index (χ3n) is 4.41. The molecule has 0 aliphatic rings. The Labute approximate surface area is 186 Å². The summed E-state index contributed by atoms with van der Waals surface area (Å²) in [4.78, 5) is 44.4. The lowest BCUT2D eigenvalue weighted by Gasteiger charge is -2.19. The summed E-state index contributed by atoms with van der Waals surface area (Å²) < 4.78 is 34.7. The van der Waals surface area contributed by atoms with E-state index in [1.165, 1.54) is 11.6 Å². The van der Waals surface area contributed by atoms with Gasteiger partial charge in [0.1, 0.15) is 16.9 Å². The van der Waals surface area contributed by atoms with E-state index in [0.29, 0.717) is 25.1 Å². The zero-order valence-electron chi connectivity index (χ0n) is 19.2. The summed E-state index contributed by atoms with van der Waals surface area (Å²) in [5.74, 6) is 0.308. The van der Waals surface area contributed by atoms with E-state index in [2.05, 4.69) is 15.3 Å². The van der Waals surface area contributed by atoms with Crippen molar-refractivity contribution < 1.29 is 22.1 Å². The third kappa shape index (κ3) is 7.19. The number of alkyl carbamates (subject to hydrolysis) is 1. The Kier molecular flexibility index (Phi) is 7.88. The summed E-state index contributed by atoms with van der Waals surface area (Å²) in [6.07, 6.45) is 1.40. The Hall–Kier alpha value is -2.67. The van der Waals surface area contributed by atoms with E-state index >= 15 is 0 Å². The number of imidazole rings is 1. The Morgan fingerprint density at radius 2 is 1.91 bits per heavy atom. The smallest absolute Gasteiger partial charge is 0.408 e. The van der Waals surface area contributed by atoms with Gasteiger partial charge >= 0.3 is 11.8 Å². The van der Waals surface area contributed by atoms with E-state index in [9.17, 15) is 22.8 Å². The average molecular weight is 474 g/mol. The SMILES string of the molecule is CC(CCCCn1c(=O)c2[nH]c(CNC(=O)OC(C)(C)C)nc2n(C)c1=O)OS(C)(=O)=O. The first-order valence-electron chi connectivity index (χ1n) is 10.2. The highest BCUT2D eigenvalue weighted by atomic mass is 32.2. The van der Waals surface area contributed by atoms with Crippen molar-refractivity contribution >= 4 is 27.4 Å². The van der Waals surface area contributed by atoms with Crippen LogP contribution < -0.4 is 16.6 Å². The number of nitrogens with one attached hydrogen (secondary N) is 2. The van der Waals surface area contributed by atoms with Crippen LogP contribution in [0.1, 0.15) is 52.8 Å². The predicted molar refractivity (Wildman–Crippen MR) is 118 cm³/mol. The zero-order valence-corrected chi connectivity index (χ0v) is 20.0. The molecule has 0 aliphatic carbocycles. The van der Waals surface area contributed by atoms with E-state index in [1.807, 2.05) is 0 Å². The van der Waals surface area contributed by atoms with Gasteiger partial charge in [-0.1, -0.05) is 0 Å². The second kappa shape index (κ2) is 9.86. The summed E-state index contributed by atoms with van der Waals surface area (Å²) >= 11 is 0. The fourth-order valence-corrected chi connectivity index (χ4v) is 3.79. The van der Waals surface area contributed by atoms with E-state index in [4.69, 9.17) is 8.92 Å². The van der Waals surface area contributed by atoms with Gasteiger partial charge in [-0.3, -0.25) is 18.1 Å². The van der Waals surface area contributed by atoms with Crippen molar-refractivity contribution in [3.8, 4) is 0 Å². The minimum Gasteiger partial charge on any atom is -0.444 e. The van der Waals surface area contributed by atoms with Gasteiger partial charge in [0.2, 0.25) is 0 Å². The molecule has 2 rings (SSSR count). The number of carbonyl (C=O) groups excluding carboxylic acids is 1. The largest absolute Gasteiger partial charge is 0.444 e. The second-order valence-corrected chi connectivity index (χ2v) is 10.2. The monoisotopic (exact) mass is 473 g/mol. The number of carbonyl (C=O) groups is 1. The molecule has 0 saturated heterocycles. The second-order valence-electron chi connectivity index (χ2n) is 8.64. The minimum atomic E-state index is -3.53. The lowest BCUT2D eigenvalue weighted by atomic mass is 10.2. The molecule has 1 amide bonds. The van der Waals surface area contributed by atoms with Gasteiger partial charge in [0.05, 0.1) is 18.9 Å². The summed E-state index contributed by atoms with van der Waals surface area (Å²) in [5, 5.41) is 2.55. The van der Waals surface area contributed by atoms with Crippen LogP contribution in [-0.4, -0.2) is 51.6 Å². The Balaban J connectivity index is 2.10. The first-order valence-corrected chi connectivity index (χ1v) is 12.0. The number of hydrogen-bond acceptors (Lipinski definition) is 8. The van der Waals surface area contributed by atoms with Crippen LogP contribution in [0.4, 0.5) is 4.79 Å². The molecule has 2 aromatic heterocycles. The van der Waals surface area contributed by atoms with Crippen LogP contribution >= 0.6 is 0 Å². The molecule has 0 fully saturated rings.